The summed E-state index contributed by atoms with van der Waals surface area (Å²) in [7, 11) is 3.50. The van der Waals surface area contributed by atoms with E-state index in [1.807, 2.05) is 41.9 Å². The summed E-state index contributed by atoms with van der Waals surface area (Å²) in [5.74, 6) is 1.98. The molecule has 1 saturated heterocycles. The third kappa shape index (κ3) is 3.50. The van der Waals surface area contributed by atoms with Crippen LogP contribution in [0.25, 0.3) is 22.7 Å². The van der Waals surface area contributed by atoms with Gasteiger partial charge in [-0.1, -0.05) is 28.9 Å². The quantitative estimate of drug-likeness (QED) is 0.483. The summed E-state index contributed by atoms with van der Waals surface area (Å²) >= 11 is 6.11. The van der Waals surface area contributed by atoms with Crippen molar-refractivity contribution in [3.63, 3.8) is 0 Å². The molecule has 1 aromatic carbocycles. The van der Waals surface area contributed by atoms with Gasteiger partial charge in [0, 0.05) is 48.9 Å². The molecule has 4 aromatic rings. The molecule has 0 radical (unpaired) electrons. The van der Waals surface area contributed by atoms with Crippen LogP contribution in [0.3, 0.4) is 0 Å². The molecule has 0 N–H and O–H groups in total. The minimum absolute atomic E-state index is 0.0224. The van der Waals surface area contributed by atoms with Gasteiger partial charge in [0.15, 0.2) is 11.6 Å². The minimum atomic E-state index is -0.197. The van der Waals surface area contributed by atoms with Crippen molar-refractivity contribution < 1.29 is 4.52 Å². The van der Waals surface area contributed by atoms with Gasteiger partial charge in [0.25, 0.3) is 5.56 Å². The molecule has 1 aliphatic heterocycles. The molecule has 3 aromatic heterocycles. The van der Waals surface area contributed by atoms with E-state index < -0.39 is 0 Å². The zero-order valence-electron chi connectivity index (χ0n) is 17.1. The van der Waals surface area contributed by atoms with Crippen molar-refractivity contribution in [3.8, 4) is 22.7 Å². The van der Waals surface area contributed by atoms with E-state index in [1.54, 1.807) is 13.2 Å². The lowest BCUT2D eigenvalue weighted by molar-refractivity contribution is 0.416. The Morgan fingerprint density at radius 1 is 1.13 bits per heavy atom. The Labute approximate surface area is 182 Å². The Hall–Kier alpha value is -3.46. The number of aryl methyl sites for hydroxylation is 1. The summed E-state index contributed by atoms with van der Waals surface area (Å²) in [5.41, 5.74) is 2.16. The molecule has 5 rings (SSSR count). The van der Waals surface area contributed by atoms with Crippen LogP contribution in [-0.4, -0.2) is 36.2 Å². The highest BCUT2D eigenvalue weighted by Crippen LogP contribution is 2.37. The molecule has 9 nitrogen and oxygen atoms in total. The second kappa shape index (κ2) is 7.66. The zero-order chi connectivity index (χ0) is 21.5. The molecule has 1 aliphatic rings. The van der Waals surface area contributed by atoms with Gasteiger partial charge < -0.3 is 9.42 Å². The monoisotopic (exact) mass is 437 g/mol. The van der Waals surface area contributed by atoms with Crippen molar-refractivity contribution in [2.24, 2.45) is 14.1 Å². The van der Waals surface area contributed by atoms with Crippen molar-refractivity contribution >= 4 is 17.5 Å². The fraction of sp³-hybridized carbons (Fsp3) is 0.286. The standard InChI is InChI=1S/C21H20ClN7O2/c1-27-20(14-10-19(30)28(2)23-12-14)24-25-21(27)29-8-4-7-17(29)16-11-18(31-26-16)13-5-3-6-15(22)9-13/h3,5-6,9-12,17H,4,7-8H2,1-2H3. The first-order chi connectivity index (χ1) is 15.0. The molecule has 1 unspecified atom stereocenters. The van der Waals surface area contributed by atoms with Gasteiger partial charge >= 0.3 is 0 Å². The molecule has 0 bridgehead atoms. The molecule has 4 heterocycles. The Bertz CT molecular complexity index is 1310. The van der Waals surface area contributed by atoms with Crippen LogP contribution in [0, 0.1) is 0 Å². The van der Waals surface area contributed by atoms with Gasteiger partial charge in [-0.2, -0.15) is 5.10 Å². The highest BCUT2D eigenvalue weighted by atomic mass is 35.5. The molecule has 31 heavy (non-hydrogen) atoms. The Morgan fingerprint density at radius 3 is 2.81 bits per heavy atom. The summed E-state index contributed by atoms with van der Waals surface area (Å²) in [6.07, 6.45) is 3.54. The number of aromatic nitrogens is 6. The molecule has 0 aliphatic carbocycles. The summed E-state index contributed by atoms with van der Waals surface area (Å²) in [6, 6.07) is 11.0. The molecular weight excluding hydrogens is 418 g/mol. The number of hydrogen-bond acceptors (Lipinski definition) is 7. The lowest BCUT2D eigenvalue weighted by Crippen LogP contribution is -2.25. The number of halogens is 1. The lowest BCUT2D eigenvalue weighted by atomic mass is 10.1. The summed E-state index contributed by atoms with van der Waals surface area (Å²) in [6.45, 7) is 0.824. The normalized spacial score (nSPS) is 16.2. The average Bonchev–Trinajstić information content (AvgIpc) is 3.49. The summed E-state index contributed by atoms with van der Waals surface area (Å²) in [5, 5.41) is 17.8. The molecule has 0 spiro atoms. The highest BCUT2D eigenvalue weighted by Gasteiger charge is 2.32. The van der Waals surface area contributed by atoms with Gasteiger partial charge in [-0.15, -0.1) is 10.2 Å². The van der Waals surface area contributed by atoms with Gasteiger partial charge in [-0.05, 0) is 25.0 Å². The van der Waals surface area contributed by atoms with E-state index in [-0.39, 0.29) is 11.6 Å². The van der Waals surface area contributed by atoms with Crippen LogP contribution < -0.4 is 10.5 Å². The van der Waals surface area contributed by atoms with Crippen molar-refractivity contribution in [2.75, 3.05) is 11.4 Å². The van der Waals surface area contributed by atoms with Crippen molar-refractivity contribution in [1.29, 1.82) is 0 Å². The Kier molecular flexibility index (Phi) is 4.82. The maximum absolute atomic E-state index is 12.0. The smallest absolute Gasteiger partial charge is 0.267 e. The fourth-order valence-corrected chi connectivity index (χ4v) is 4.14. The largest absolute Gasteiger partial charge is 0.356 e. The summed E-state index contributed by atoms with van der Waals surface area (Å²) in [4.78, 5) is 14.1. The molecule has 158 valence electrons. The van der Waals surface area contributed by atoms with Crippen LogP contribution in [0.5, 0.6) is 0 Å². The zero-order valence-corrected chi connectivity index (χ0v) is 17.8. The van der Waals surface area contributed by atoms with Crippen LogP contribution in [-0.2, 0) is 14.1 Å². The van der Waals surface area contributed by atoms with E-state index in [2.05, 4.69) is 25.4 Å². The molecule has 0 amide bonds. The maximum Gasteiger partial charge on any atom is 0.267 e. The first-order valence-corrected chi connectivity index (χ1v) is 10.3. The number of benzene rings is 1. The molecule has 1 atom stereocenters. The van der Waals surface area contributed by atoms with E-state index in [0.29, 0.717) is 28.1 Å². The SMILES string of the molecule is Cn1c(-c2cnn(C)c(=O)c2)nnc1N1CCCC1c1cc(-c2cccc(Cl)c2)on1. The number of nitrogens with zero attached hydrogens (tertiary/aromatic N) is 7. The second-order valence-corrected chi connectivity index (χ2v) is 8.00. The number of hydrogen-bond donors (Lipinski definition) is 0. The molecule has 0 saturated carbocycles. The van der Waals surface area contributed by atoms with Crippen molar-refractivity contribution in [2.45, 2.75) is 18.9 Å². The van der Waals surface area contributed by atoms with Crippen LogP contribution in [0.1, 0.15) is 24.6 Å². The fourth-order valence-electron chi connectivity index (χ4n) is 3.95. The van der Waals surface area contributed by atoms with E-state index in [9.17, 15) is 4.79 Å². The van der Waals surface area contributed by atoms with Crippen molar-refractivity contribution in [3.05, 3.63) is 63.7 Å². The Balaban J connectivity index is 1.46. The lowest BCUT2D eigenvalue weighted by Gasteiger charge is -2.23. The van der Waals surface area contributed by atoms with E-state index in [1.165, 1.54) is 10.7 Å². The highest BCUT2D eigenvalue weighted by molar-refractivity contribution is 6.30. The van der Waals surface area contributed by atoms with Crippen LogP contribution in [0.2, 0.25) is 5.02 Å². The number of anilines is 1. The second-order valence-electron chi connectivity index (χ2n) is 7.57. The van der Waals surface area contributed by atoms with Crippen LogP contribution in [0.4, 0.5) is 5.95 Å². The van der Waals surface area contributed by atoms with Crippen LogP contribution in [0.15, 0.2) is 51.9 Å². The van der Waals surface area contributed by atoms with Gasteiger partial charge in [0.2, 0.25) is 5.95 Å². The number of rotatable bonds is 4. The van der Waals surface area contributed by atoms with Gasteiger partial charge in [0.05, 0.1) is 12.2 Å². The third-order valence-corrected chi connectivity index (χ3v) is 5.80. The van der Waals surface area contributed by atoms with Crippen LogP contribution >= 0.6 is 11.6 Å². The topological polar surface area (TPSA) is 94.9 Å². The minimum Gasteiger partial charge on any atom is -0.356 e. The van der Waals surface area contributed by atoms with Crippen molar-refractivity contribution in [1.82, 2.24) is 29.7 Å². The first kappa shape index (κ1) is 19.5. The van der Waals surface area contributed by atoms with E-state index in [0.717, 1.165) is 30.6 Å². The molecular formula is C21H20ClN7O2. The summed E-state index contributed by atoms with van der Waals surface area (Å²) < 4.78 is 8.77. The van der Waals surface area contributed by atoms with Gasteiger partial charge in [-0.3, -0.25) is 9.36 Å². The van der Waals surface area contributed by atoms with E-state index in [4.69, 9.17) is 16.1 Å². The maximum atomic E-state index is 12.0. The molecule has 1 fully saturated rings. The van der Waals surface area contributed by atoms with E-state index >= 15 is 0 Å². The third-order valence-electron chi connectivity index (χ3n) is 5.57. The molecule has 10 heteroatoms. The Morgan fingerprint density at radius 2 is 2.00 bits per heavy atom. The predicted molar refractivity (Wildman–Crippen MR) is 116 cm³/mol. The first-order valence-electron chi connectivity index (χ1n) is 9.93. The van der Waals surface area contributed by atoms with Gasteiger partial charge in [-0.25, -0.2) is 4.68 Å². The van der Waals surface area contributed by atoms with Gasteiger partial charge in [0.1, 0.15) is 5.69 Å². The average molecular weight is 438 g/mol. The predicted octanol–water partition coefficient (Wildman–Crippen LogP) is 3.23.